The summed E-state index contributed by atoms with van der Waals surface area (Å²) in [5.41, 5.74) is 4.24. The van der Waals surface area contributed by atoms with Gasteiger partial charge in [-0.3, -0.25) is 0 Å². The van der Waals surface area contributed by atoms with E-state index in [0.29, 0.717) is 17.7 Å². The quantitative estimate of drug-likeness (QED) is 0.281. The Kier molecular flexibility index (Phi) is 10.8. The summed E-state index contributed by atoms with van der Waals surface area (Å²) in [5.74, 6) is 0.728. The molecule has 0 fully saturated rings. The Bertz CT molecular complexity index is 684. The second-order valence-corrected chi connectivity index (χ2v) is 7.01. The number of rotatable bonds is 11. The molecular weight excluding hydrogens is 356 g/mol. The Labute approximate surface area is 169 Å². The fourth-order valence-electron chi connectivity index (χ4n) is 2.72. The van der Waals surface area contributed by atoms with E-state index in [9.17, 15) is 9.90 Å². The van der Waals surface area contributed by atoms with Gasteiger partial charge in [0.1, 0.15) is 11.5 Å². The summed E-state index contributed by atoms with van der Waals surface area (Å²) in [6, 6.07) is 3.68. The summed E-state index contributed by atoms with van der Waals surface area (Å²) in [6.07, 6.45) is 7.87. The van der Waals surface area contributed by atoms with Crippen molar-refractivity contribution in [3.05, 3.63) is 46.6 Å². The fourth-order valence-corrected chi connectivity index (χ4v) is 2.72. The first-order valence-corrected chi connectivity index (χ1v) is 9.93. The van der Waals surface area contributed by atoms with E-state index in [2.05, 4.69) is 39.8 Å². The molecule has 0 spiro atoms. The molecule has 0 unspecified atom stereocenters. The number of aromatic hydroxyl groups is 1. The van der Waals surface area contributed by atoms with Crippen LogP contribution in [0.3, 0.4) is 0 Å². The largest absolute Gasteiger partial charge is 0.511 e. The molecule has 0 heterocycles. The van der Waals surface area contributed by atoms with Gasteiger partial charge in [0.15, 0.2) is 0 Å². The molecule has 1 aromatic carbocycles. The SMILES string of the molecule is CCCc1cc(O)c(CC=C(C)CCC=C(C)C)c(OCOC(=O)OCC)c1. The minimum Gasteiger partial charge on any atom is -0.508 e. The van der Waals surface area contributed by atoms with Gasteiger partial charge in [0.25, 0.3) is 0 Å². The molecule has 0 atom stereocenters. The summed E-state index contributed by atoms with van der Waals surface area (Å²) in [6.45, 7) is 10.0. The maximum Gasteiger partial charge on any atom is 0.511 e. The van der Waals surface area contributed by atoms with Crippen molar-refractivity contribution in [3.8, 4) is 11.5 Å². The van der Waals surface area contributed by atoms with Gasteiger partial charge in [-0.25, -0.2) is 4.79 Å². The van der Waals surface area contributed by atoms with Crippen molar-refractivity contribution >= 4 is 6.16 Å². The Morgan fingerprint density at radius 1 is 1.11 bits per heavy atom. The number of phenolic OH excluding ortho intramolecular Hbond substituents is 1. The van der Waals surface area contributed by atoms with Gasteiger partial charge in [-0.1, -0.05) is 36.6 Å². The lowest BCUT2D eigenvalue weighted by molar-refractivity contribution is 0.00652. The minimum atomic E-state index is -0.770. The predicted octanol–water partition coefficient (Wildman–Crippen LogP) is 6.09. The highest BCUT2D eigenvalue weighted by Crippen LogP contribution is 2.32. The van der Waals surface area contributed by atoms with Crippen LogP contribution in [-0.2, 0) is 22.3 Å². The van der Waals surface area contributed by atoms with E-state index in [0.717, 1.165) is 31.2 Å². The number of ether oxygens (including phenoxy) is 3. The van der Waals surface area contributed by atoms with E-state index >= 15 is 0 Å². The second kappa shape index (κ2) is 12.9. The first-order valence-electron chi connectivity index (χ1n) is 9.93. The van der Waals surface area contributed by atoms with Crippen molar-refractivity contribution in [2.75, 3.05) is 13.4 Å². The molecule has 0 bridgehead atoms. The average Bonchev–Trinajstić information content (AvgIpc) is 2.61. The third kappa shape index (κ3) is 8.98. The Hall–Kier alpha value is -2.43. The van der Waals surface area contributed by atoms with Gasteiger partial charge in [-0.05, 0) is 71.1 Å². The monoisotopic (exact) mass is 390 g/mol. The van der Waals surface area contributed by atoms with Crippen LogP contribution in [0.4, 0.5) is 4.79 Å². The van der Waals surface area contributed by atoms with Crippen LogP contribution in [0.5, 0.6) is 11.5 Å². The molecule has 0 aliphatic rings. The standard InChI is InChI=1S/C23H34O5/c1-6-9-19-14-21(24)20(13-12-18(5)11-8-10-17(3)4)22(15-19)27-16-28-23(25)26-7-2/h10,12,14-15,24H,6-9,11,13,16H2,1-5H3. The molecule has 28 heavy (non-hydrogen) atoms. The maximum absolute atomic E-state index is 11.3. The molecule has 1 N–H and O–H groups in total. The van der Waals surface area contributed by atoms with Crippen LogP contribution < -0.4 is 4.74 Å². The highest BCUT2D eigenvalue weighted by molar-refractivity contribution is 5.59. The number of phenols is 1. The summed E-state index contributed by atoms with van der Waals surface area (Å²) in [5, 5.41) is 10.5. The van der Waals surface area contributed by atoms with Crippen LogP contribution in [-0.4, -0.2) is 24.7 Å². The zero-order chi connectivity index (χ0) is 20.9. The smallest absolute Gasteiger partial charge is 0.508 e. The van der Waals surface area contributed by atoms with Crippen molar-refractivity contribution in [2.45, 2.75) is 66.7 Å². The van der Waals surface area contributed by atoms with Gasteiger partial charge < -0.3 is 19.3 Å². The number of aryl methyl sites for hydroxylation is 1. The molecule has 156 valence electrons. The zero-order valence-electron chi connectivity index (χ0n) is 17.8. The van der Waals surface area contributed by atoms with Gasteiger partial charge in [-0.2, -0.15) is 0 Å². The molecule has 0 saturated carbocycles. The van der Waals surface area contributed by atoms with Crippen molar-refractivity contribution in [3.63, 3.8) is 0 Å². The topological polar surface area (TPSA) is 65.0 Å². The molecule has 1 rings (SSSR count). The summed E-state index contributed by atoms with van der Waals surface area (Å²) in [7, 11) is 0. The lowest BCUT2D eigenvalue weighted by Gasteiger charge is -2.14. The third-order valence-electron chi connectivity index (χ3n) is 4.18. The molecule has 0 aliphatic heterocycles. The highest BCUT2D eigenvalue weighted by Gasteiger charge is 2.12. The molecule has 0 aromatic heterocycles. The minimum absolute atomic E-state index is 0.199. The first-order chi connectivity index (χ1) is 13.4. The van der Waals surface area contributed by atoms with Crippen molar-refractivity contribution in [1.29, 1.82) is 0 Å². The highest BCUT2D eigenvalue weighted by atomic mass is 16.8. The third-order valence-corrected chi connectivity index (χ3v) is 4.18. The number of carbonyl (C=O) groups excluding carboxylic acids is 1. The molecule has 1 aromatic rings. The van der Waals surface area contributed by atoms with Gasteiger partial charge in [0.05, 0.1) is 6.61 Å². The van der Waals surface area contributed by atoms with E-state index in [-0.39, 0.29) is 19.1 Å². The number of benzene rings is 1. The fraction of sp³-hybridized carbons (Fsp3) is 0.522. The first kappa shape index (κ1) is 23.6. The molecule has 0 amide bonds. The normalized spacial score (nSPS) is 11.1. The zero-order valence-corrected chi connectivity index (χ0v) is 17.8. The van der Waals surface area contributed by atoms with Crippen LogP contribution in [0.15, 0.2) is 35.4 Å². The molecule has 5 heteroatoms. The number of hydrogen-bond acceptors (Lipinski definition) is 5. The molecular formula is C23H34O5. The Balaban J connectivity index is 2.89. The Morgan fingerprint density at radius 3 is 2.50 bits per heavy atom. The molecule has 0 saturated heterocycles. The summed E-state index contributed by atoms with van der Waals surface area (Å²) < 4.78 is 15.3. The van der Waals surface area contributed by atoms with E-state index < -0.39 is 6.16 Å². The lowest BCUT2D eigenvalue weighted by atomic mass is 10.0. The van der Waals surface area contributed by atoms with Crippen LogP contribution >= 0.6 is 0 Å². The summed E-state index contributed by atoms with van der Waals surface area (Å²) >= 11 is 0. The average molecular weight is 391 g/mol. The van der Waals surface area contributed by atoms with Gasteiger partial charge in [0.2, 0.25) is 6.79 Å². The van der Waals surface area contributed by atoms with Gasteiger partial charge in [-0.15, -0.1) is 0 Å². The molecule has 0 radical (unpaired) electrons. The van der Waals surface area contributed by atoms with E-state index in [1.54, 1.807) is 13.0 Å². The maximum atomic E-state index is 11.3. The van der Waals surface area contributed by atoms with Gasteiger partial charge in [0, 0.05) is 5.56 Å². The van der Waals surface area contributed by atoms with E-state index in [1.807, 2.05) is 6.07 Å². The van der Waals surface area contributed by atoms with E-state index in [4.69, 9.17) is 14.2 Å². The van der Waals surface area contributed by atoms with E-state index in [1.165, 1.54) is 11.1 Å². The van der Waals surface area contributed by atoms with Crippen LogP contribution in [0.2, 0.25) is 0 Å². The van der Waals surface area contributed by atoms with Crippen LogP contribution in [0.25, 0.3) is 0 Å². The van der Waals surface area contributed by atoms with Crippen LogP contribution in [0, 0.1) is 0 Å². The number of allylic oxidation sites excluding steroid dienone is 4. The van der Waals surface area contributed by atoms with Crippen molar-refractivity contribution < 1.29 is 24.1 Å². The predicted molar refractivity (Wildman–Crippen MR) is 112 cm³/mol. The Morgan fingerprint density at radius 2 is 1.86 bits per heavy atom. The lowest BCUT2D eigenvalue weighted by Crippen LogP contribution is -2.12. The second-order valence-electron chi connectivity index (χ2n) is 7.01. The van der Waals surface area contributed by atoms with Gasteiger partial charge >= 0.3 is 6.16 Å². The molecule has 0 aliphatic carbocycles. The van der Waals surface area contributed by atoms with Crippen molar-refractivity contribution in [1.82, 2.24) is 0 Å². The van der Waals surface area contributed by atoms with Crippen molar-refractivity contribution in [2.24, 2.45) is 0 Å². The number of carbonyl (C=O) groups is 1. The molecule has 5 nitrogen and oxygen atoms in total. The number of hydrogen-bond donors (Lipinski definition) is 1. The van der Waals surface area contributed by atoms with Crippen LogP contribution in [0.1, 0.15) is 65.0 Å². The summed E-state index contributed by atoms with van der Waals surface area (Å²) in [4.78, 5) is 11.3.